The van der Waals surface area contributed by atoms with Gasteiger partial charge >= 0.3 is 5.97 Å². The Morgan fingerprint density at radius 1 is 1.40 bits per heavy atom. The molecule has 0 aromatic heterocycles. The molecule has 2 N–H and O–H groups in total. The van der Waals surface area contributed by atoms with E-state index < -0.39 is 5.97 Å². The van der Waals surface area contributed by atoms with E-state index in [1.807, 2.05) is 0 Å². The second-order valence-electron chi connectivity index (χ2n) is 4.73. The minimum atomic E-state index is -0.909. The molecule has 0 aliphatic carbocycles. The molecule has 0 radical (unpaired) electrons. The van der Waals surface area contributed by atoms with Crippen LogP contribution in [0.1, 0.15) is 16.8 Å². The molecule has 0 amide bonds. The van der Waals surface area contributed by atoms with Gasteiger partial charge in [-0.05, 0) is 31.2 Å². The maximum Gasteiger partial charge on any atom is 0.337 e. The maximum atomic E-state index is 11.1. The Morgan fingerprint density at radius 3 is 2.85 bits per heavy atom. The first kappa shape index (κ1) is 15.3. The summed E-state index contributed by atoms with van der Waals surface area (Å²) < 4.78 is 6.18. The number of rotatable bonds is 6. The highest BCUT2D eigenvalue weighted by Gasteiger charge is 2.11. The third kappa shape index (κ3) is 4.47. The van der Waals surface area contributed by atoms with Crippen LogP contribution in [0.15, 0.2) is 22.7 Å². The lowest BCUT2D eigenvalue weighted by Gasteiger charge is -2.26. The van der Waals surface area contributed by atoms with Crippen LogP contribution in [0, 0.1) is 0 Å². The maximum absolute atomic E-state index is 11.1. The molecule has 0 spiro atoms. The summed E-state index contributed by atoms with van der Waals surface area (Å²) in [7, 11) is 0. The van der Waals surface area contributed by atoms with E-state index in [4.69, 9.17) is 9.84 Å². The Hall–Kier alpha value is -1.11. The Morgan fingerprint density at radius 2 is 2.15 bits per heavy atom. The molecule has 20 heavy (non-hydrogen) atoms. The van der Waals surface area contributed by atoms with Crippen LogP contribution in [0.4, 0.5) is 5.69 Å². The lowest BCUT2D eigenvalue weighted by Crippen LogP contribution is -2.37. The van der Waals surface area contributed by atoms with Gasteiger partial charge < -0.3 is 15.2 Å². The normalized spacial score (nSPS) is 16.1. The number of morpholine rings is 1. The van der Waals surface area contributed by atoms with Gasteiger partial charge in [0.05, 0.1) is 18.8 Å². The van der Waals surface area contributed by atoms with Gasteiger partial charge in [-0.2, -0.15) is 0 Å². The quantitative estimate of drug-likeness (QED) is 0.776. The zero-order valence-electron chi connectivity index (χ0n) is 11.3. The SMILES string of the molecule is O=C(O)c1ccc(Br)cc1NCCCN1CCOCC1. The zero-order chi connectivity index (χ0) is 14.4. The topological polar surface area (TPSA) is 61.8 Å². The van der Waals surface area contributed by atoms with Gasteiger partial charge in [-0.25, -0.2) is 4.79 Å². The average Bonchev–Trinajstić information content (AvgIpc) is 2.44. The number of halogens is 1. The molecule has 1 aliphatic heterocycles. The summed E-state index contributed by atoms with van der Waals surface area (Å²) in [6.45, 7) is 5.35. The van der Waals surface area contributed by atoms with Gasteiger partial charge in [-0.3, -0.25) is 4.90 Å². The fraction of sp³-hybridized carbons (Fsp3) is 0.500. The van der Waals surface area contributed by atoms with Crippen LogP contribution in [-0.4, -0.2) is 55.4 Å². The van der Waals surface area contributed by atoms with E-state index in [2.05, 4.69) is 26.1 Å². The second-order valence-corrected chi connectivity index (χ2v) is 5.65. The largest absolute Gasteiger partial charge is 0.478 e. The molecule has 1 saturated heterocycles. The number of carbonyl (C=O) groups is 1. The smallest absolute Gasteiger partial charge is 0.337 e. The summed E-state index contributed by atoms with van der Waals surface area (Å²) in [4.78, 5) is 13.5. The minimum Gasteiger partial charge on any atom is -0.478 e. The number of ether oxygens (including phenoxy) is 1. The van der Waals surface area contributed by atoms with E-state index in [0.717, 1.165) is 50.3 Å². The van der Waals surface area contributed by atoms with E-state index in [-0.39, 0.29) is 0 Å². The molecule has 110 valence electrons. The van der Waals surface area contributed by atoms with E-state index in [1.54, 1.807) is 18.2 Å². The number of aromatic carboxylic acids is 1. The van der Waals surface area contributed by atoms with Crippen molar-refractivity contribution in [3.63, 3.8) is 0 Å². The standard InChI is InChI=1S/C14H19BrN2O3/c15-11-2-3-12(14(18)19)13(10-11)16-4-1-5-17-6-8-20-9-7-17/h2-3,10,16H,1,4-9H2,(H,18,19). The first-order valence-electron chi connectivity index (χ1n) is 6.73. The van der Waals surface area contributed by atoms with Crippen LogP contribution in [0.2, 0.25) is 0 Å². The minimum absolute atomic E-state index is 0.305. The molecule has 0 unspecified atom stereocenters. The number of carboxylic acid groups (broad SMARTS) is 1. The van der Waals surface area contributed by atoms with Crippen molar-refractivity contribution >= 4 is 27.6 Å². The van der Waals surface area contributed by atoms with E-state index in [0.29, 0.717) is 11.3 Å². The molecule has 0 bridgehead atoms. The Bertz CT molecular complexity index is 462. The third-order valence-corrected chi connectivity index (χ3v) is 3.78. The van der Waals surface area contributed by atoms with E-state index in [9.17, 15) is 4.79 Å². The molecule has 1 fully saturated rings. The molecule has 2 rings (SSSR count). The van der Waals surface area contributed by atoms with Crippen molar-refractivity contribution in [2.75, 3.05) is 44.7 Å². The van der Waals surface area contributed by atoms with Crippen molar-refractivity contribution in [2.24, 2.45) is 0 Å². The Balaban J connectivity index is 1.81. The monoisotopic (exact) mass is 342 g/mol. The Kier molecular flexibility index (Phi) is 5.82. The van der Waals surface area contributed by atoms with Gasteiger partial charge in [0, 0.05) is 29.8 Å². The number of nitrogens with zero attached hydrogens (tertiary/aromatic N) is 1. The summed E-state index contributed by atoms with van der Waals surface area (Å²) in [5, 5.41) is 12.3. The summed E-state index contributed by atoms with van der Waals surface area (Å²) in [5.74, 6) is -0.909. The summed E-state index contributed by atoms with van der Waals surface area (Å²) in [6, 6.07) is 5.15. The lowest BCUT2D eigenvalue weighted by atomic mass is 10.2. The molecule has 5 nitrogen and oxygen atoms in total. The number of carboxylic acids is 1. The molecule has 1 aliphatic rings. The van der Waals surface area contributed by atoms with Gasteiger partial charge in [0.15, 0.2) is 0 Å². The highest BCUT2D eigenvalue weighted by molar-refractivity contribution is 9.10. The fourth-order valence-electron chi connectivity index (χ4n) is 2.20. The second kappa shape index (κ2) is 7.61. The lowest BCUT2D eigenvalue weighted by molar-refractivity contribution is 0.0378. The summed E-state index contributed by atoms with van der Waals surface area (Å²) in [5.41, 5.74) is 0.966. The number of nitrogens with one attached hydrogen (secondary N) is 1. The number of hydrogen-bond acceptors (Lipinski definition) is 4. The van der Waals surface area contributed by atoms with Crippen molar-refractivity contribution in [1.29, 1.82) is 0 Å². The summed E-state index contributed by atoms with van der Waals surface area (Å²) >= 11 is 3.36. The van der Waals surface area contributed by atoms with E-state index >= 15 is 0 Å². The van der Waals surface area contributed by atoms with Gasteiger partial charge in [-0.15, -0.1) is 0 Å². The first-order chi connectivity index (χ1) is 9.66. The summed E-state index contributed by atoms with van der Waals surface area (Å²) in [6.07, 6.45) is 0.978. The number of hydrogen-bond donors (Lipinski definition) is 2. The molecule has 1 heterocycles. The highest BCUT2D eigenvalue weighted by Crippen LogP contribution is 2.21. The fourth-order valence-corrected chi connectivity index (χ4v) is 2.56. The van der Waals surface area contributed by atoms with Crippen LogP contribution < -0.4 is 5.32 Å². The Labute approximate surface area is 127 Å². The van der Waals surface area contributed by atoms with Crippen molar-refractivity contribution in [2.45, 2.75) is 6.42 Å². The molecule has 0 saturated carbocycles. The molecule has 0 atom stereocenters. The number of benzene rings is 1. The average molecular weight is 343 g/mol. The van der Waals surface area contributed by atoms with Gasteiger partial charge in [0.2, 0.25) is 0 Å². The first-order valence-corrected chi connectivity index (χ1v) is 7.53. The van der Waals surface area contributed by atoms with E-state index in [1.165, 1.54) is 0 Å². The van der Waals surface area contributed by atoms with Gasteiger partial charge in [-0.1, -0.05) is 15.9 Å². The van der Waals surface area contributed by atoms with Crippen LogP contribution in [0.5, 0.6) is 0 Å². The molecule has 6 heteroatoms. The van der Waals surface area contributed by atoms with Crippen LogP contribution in [0.25, 0.3) is 0 Å². The predicted molar refractivity (Wildman–Crippen MR) is 81.5 cm³/mol. The van der Waals surface area contributed by atoms with Crippen molar-refractivity contribution < 1.29 is 14.6 Å². The van der Waals surface area contributed by atoms with Crippen LogP contribution in [-0.2, 0) is 4.74 Å². The molecule has 1 aromatic carbocycles. The van der Waals surface area contributed by atoms with Crippen molar-refractivity contribution in [3.05, 3.63) is 28.2 Å². The van der Waals surface area contributed by atoms with Crippen LogP contribution in [0.3, 0.4) is 0 Å². The van der Waals surface area contributed by atoms with Gasteiger partial charge in [0.1, 0.15) is 0 Å². The molecular formula is C14H19BrN2O3. The van der Waals surface area contributed by atoms with Crippen molar-refractivity contribution in [3.8, 4) is 0 Å². The number of anilines is 1. The van der Waals surface area contributed by atoms with Gasteiger partial charge in [0.25, 0.3) is 0 Å². The highest BCUT2D eigenvalue weighted by atomic mass is 79.9. The molecular weight excluding hydrogens is 324 g/mol. The third-order valence-electron chi connectivity index (χ3n) is 3.28. The molecule has 1 aromatic rings. The van der Waals surface area contributed by atoms with Crippen LogP contribution >= 0.6 is 15.9 Å². The van der Waals surface area contributed by atoms with Crippen molar-refractivity contribution in [1.82, 2.24) is 4.90 Å². The zero-order valence-corrected chi connectivity index (χ0v) is 12.9. The predicted octanol–water partition coefficient (Wildman–Crippen LogP) is 2.28.